The van der Waals surface area contributed by atoms with Gasteiger partial charge >= 0.3 is 5.97 Å². The van der Waals surface area contributed by atoms with E-state index in [1.807, 2.05) is 13.0 Å². The predicted molar refractivity (Wildman–Crippen MR) is 97.3 cm³/mol. The Balaban J connectivity index is 1.88. The molecule has 0 amide bonds. The zero-order valence-electron chi connectivity index (χ0n) is 15.1. The van der Waals surface area contributed by atoms with E-state index in [0.29, 0.717) is 29.5 Å². The number of phenolic OH excluding ortho intramolecular Hbond substituents is 1. The molecular formula is C20H20N2O5. The second-order valence-corrected chi connectivity index (χ2v) is 5.86. The second-order valence-electron chi connectivity index (χ2n) is 5.86. The van der Waals surface area contributed by atoms with E-state index in [1.54, 1.807) is 42.5 Å². The lowest BCUT2D eigenvalue weighted by atomic mass is 10.1. The summed E-state index contributed by atoms with van der Waals surface area (Å²) >= 11 is 0. The first-order valence-corrected chi connectivity index (χ1v) is 8.55. The molecule has 3 aromatic rings. The minimum atomic E-state index is -0.576. The Morgan fingerprint density at radius 2 is 1.96 bits per heavy atom. The fraction of sp³-hybridized carbons (Fsp3) is 0.250. The zero-order chi connectivity index (χ0) is 19.2. The van der Waals surface area contributed by atoms with Crippen LogP contribution >= 0.6 is 0 Å². The fourth-order valence-electron chi connectivity index (χ4n) is 2.56. The van der Waals surface area contributed by atoms with Crippen molar-refractivity contribution in [2.45, 2.75) is 19.4 Å². The molecule has 27 heavy (non-hydrogen) atoms. The minimum Gasteiger partial charge on any atom is -0.508 e. The third-order valence-corrected chi connectivity index (χ3v) is 3.88. The van der Waals surface area contributed by atoms with Gasteiger partial charge in [-0.3, -0.25) is 0 Å². The molecule has 0 bridgehead atoms. The Labute approximate surface area is 156 Å². The van der Waals surface area contributed by atoms with Crippen LogP contribution in [0, 0.1) is 0 Å². The number of nitrogens with zero attached hydrogens (tertiary/aromatic N) is 2. The van der Waals surface area contributed by atoms with Gasteiger partial charge < -0.3 is 19.0 Å². The van der Waals surface area contributed by atoms with E-state index in [0.717, 1.165) is 12.0 Å². The van der Waals surface area contributed by atoms with Gasteiger partial charge in [-0.15, -0.1) is 10.2 Å². The molecule has 0 aliphatic rings. The van der Waals surface area contributed by atoms with Crippen molar-refractivity contribution in [3.05, 3.63) is 65.5 Å². The van der Waals surface area contributed by atoms with E-state index in [9.17, 15) is 9.90 Å². The Morgan fingerprint density at radius 1 is 1.19 bits per heavy atom. The summed E-state index contributed by atoms with van der Waals surface area (Å²) in [4.78, 5) is 11.5. The van der Waals surface area contributed by atoms with Gasteiger partial charge in [-0.1, -0.05) is 19.1 Å². The van der Waals surface area contributed by atoms with Crippen LogP contribution in [0.1, 0.15) is 41.3 Å². The number of phenols is 1. The van der Waals surface area contributed by atoms with Gasteiger partial charge in [0.1, 0.15) is 5.75 Å². The second kappa shape index (κ2) is 8.46. The molecule has 1 heterocycles. The number of aromatic hydroxyl groups is 1. The summed E-state index contributed by atoms with van der Waals surface area (Å²) in [6.45, 7) is 2.51. The summed E-state index contributed by atoms with van der Waals surface area (Å²) in [6, 6.07) is 13.4. The Morgan fingerprint density at radius 3 is 2.63 bits per heavy atom. The highest BCUT2D eigenvalue weighted by Crippen LogP contribution is 2.29. The molecule has 1 aromatic heterocycles. The largest absolute Gasteiger partial charge is 0.508 e. The van der Waals surface area contributed by atoms with Crippen LogP contribution < -0.4 is 0 Å². The number of hydrogen-bond donors (Lipinski definition) is 1. The normalized spacial score (nSPS) is 11.9. The summed E-state index contributed by atoms with van der Waals surface area (Å²) in [5.41, 5.74) is 1.83. The number of benzene rings is 2. The smallest absolute Gasteiger partial charge is 0.337 e. The fourth-order valence-corrected chi connectivity index (χ4v) is 2.56. The van der Waals surface area contributed by atoms with Gasteiger partial charge in [0, 0.05) is 12.2 Å². The number of carbonyl (C=O) groups is 1. The van der Waals surface area contributed by atoms with Gasteiger partial charge in [0.05, 0.1) is 12.7 Å². The first kappa shape index (κ1) is 18.6. The molecule has 0 fully saturated rings. The van der Waals surface area contributed by atoms with Gasteiger partial charge in [0.15, 0.2) is 6.10 Å². The number of aromatic nitrogens is 2. The van der Waals surface area contributed by atoms with Crippen molar-refractivity contribution in [2.75, 3.05) is 13.7 Å². The van der Waals surface area contributed by atoms with Crippen molar-refractivity contribution in [1.82, 2.24) is 10.2 Å². The molecule has 140 valence electrons. The van der Waals surface area contributed by atoms with E-state index in [2.05, 4.69) is 14.9 Å². The van der Waals surface area contributed by atoms with Gasteiger partial charge in [0.25, 0.3) is 0 Å². The van der Waals surface area contributed by atoms with Crippen LogP contribution in [-0.4, -0.2) is 35.0 Å². The maximum Gasteiger partial charge on any atom is 0.337 e. The van der Waals surface area contributed by atoms with Crippen LogP contribution in [0.4, 0.5) is 0 Å². The lowest BCUT2D eigenvalue weighted by Gasteiger charge is -2.14. The number of methoxy groups -OCH3 is 1. The van der Waals surface area contributed by atoms with Crippen LogP contribution in [0.15, 0.2) is 52.9 Å². The number of ether oxygens (including phenoxy) is 2. The Hall–Kier alpha value is -3.19. The van der Waals surface area contributed by atoms with Crippen LogP contribution in [0.3, 0.4) is 0 Å². The Bertz CT molecular complexity index is 905. The third kappa shape index (κ3) is 4.32. The lowest BCUT2D eigenvalue weighted by Crippen LogP contribution is -2.07. The predicted octanol–water partition coefficient (Wildman–Crippen LogP) is 3.74. The zero-order valence-corrected chi connectivity index (χ0v) is 15.1. The first-order chi connectivity index (χ1) is 13.1. The summed E-state index contributed by atoms with van der Waals surface area (Å²) in [7, 11) is 1.33. The molecule has 7 nitrogen and oxygen atoms in total. The SMILES string of the molecule is CCCOC(c1cccc(O)c1)c1nnc(-c2ccc(C(=O)OC)cc2)o1. The molecule has 0 radical (unpaired) electrons. The monoisotopic (exact) mass is 368 g/mol. The van der Waals surface area contributed by atoms with Crippen molar-refractivity contribution < 1.29 is 23.8 Å². The molecule has 0 saturated heterocycles. The van der Waals surface area contributed by atoms with Gasteiger partial charge in [0.2, 0.25) is 11.8 Å². The molecule has 0 aliphatic carbocycles. The maximum absolute atomic E-state index is 11.5. The third-order valence-electron chi connectivity index (χ3n) is 3.88. The van der Waals surface area contributed by atoms with E-state index in [1.165, 1.54) is 7.11 Å². The molecule has 0 spiro atoms. The molecule has 0 saturated carbocycles. The molecule has 1 unspecified atom stereocenters. The van der Waals surface area contributed by atoms with Crippen LogP contribution in [0.25, 0.3) is 11.5 Å². The average molecular weight is 368 g/mol. The van der Waals surface area contributed by atoms with E-state index >= 15 is 0 Å². The number of carbonyl (C=O) groups excluding carboxylic acids is 1. The van der Waals surface area contributed by atoms with Crippen LogP contribution in [-0.2, 0) is 9.47 Å². The highest BCUT2D eigenvalue weighted by Gasteiger charge is 2.22. The van der Waals surface area contributed by atoms with Crippen LogP contribution in [0.2, 0.25) is 0 Å². The van der Waals surface area contributed by atoms with Crippen molar-refractivity contribution >= 4 is 5.97 Å². The molecule has 1 atom stereocenters. The quantitative estimate of drug-likeness (QED) is 0.635. The van der Waals surface area contributed by atoms with Gasteiger partial charge in [-0.25, -0.2) is 4.79 Å². The highest BCUT2D eigenvalue weighted by molar-refractivity contribution is 5.89. The Kier molecular flexibility index (Phi) is 5.83. The summed E-state index contributed by atoms with van der Waals surface area (Å²) in [5, 5.41) is 17.9. The average Bonchev–Trinajstić information content (AvgIpc) is 3.18. The topological polar surface area (TPSA) is 94.7 Å². The molecule has 3 rings (SSSR count). The maximum atomic E-state index is 11.5. The molecular weight excluding hydrogens is 348 g/mol. The lowest BCUT2D eigenvalue weighted by molar-refractivity contribution is 0.0600. The summed E-state index contributed by atoms with van der Waals surface area (Å²) < 4.78 is 16.4. The van der Waals surface area contributed by atoms with Gasteiger partial charge in [-0.05, 0) is 48.4 Å². The number of hydrogen-bond acceptors (Lipinski definition) is 7. The summed E-state index contributed by atoms with van der Waals surface area (Å²) in [6.07, 6.45) is 0.248. The van der Waals surface area contributed by atoms with E-state index in [-0.39, 0.29) is 5.75 Å². The molecule has 1 N–H and O–H groups in total. The van der Waals surface area contributed by atoms with Crippen molar-refractivity contribution in [2.24, 2.45) is 0 Å². The van der Waals surface area contributed by atoms with E-state index < -0.39 is 12.1 Å². The van der Waals surface area contributed by atoms with Gasteiger partial charge in [-0.2, -0.15) is 0 Å². The first-order valence-electron chi connectivity index (χ1n) is 8.55. The van der Waals surface area contributed by atoms with Crippen molar-refractivity contribution in [3.8, 4) is 17.2 Å². The minimum absolute atomic E-state index is 0.135. The van der Waals surface area contributed by atoms with Crippen molar-refractivity contribution in [1.29, 1.82) is 0 Å². The highest BCUT2D eigenvalue weighted by atomic mass is 16.5. The van der Waals surface area contributed by atoms with Crippen molar-refractivity contribution in [3.63, 3.8) is 0 Å². The van der Waals surface area contributed by atoms with Crippen LogP contribution in [0.5, 0.6) is 5.75 Å². The standard InChI is InChI=1S/C20H20N2O5/c1-3-11-26-17(15-5-4-6-16(23)12-15)19-22-21-18(27-19)13-7-9-14(10-8-13)20(24)25-2/h4-10,12,17,23H,3,11H2,1-2H3. The van der Waals surface area contributed by atoms with E-state index in [4.69, 9.17) is 9.15 Å². The number of esters is 1. The summed E-state index contributed by atoms with van der Waals surface area (Å²) in [5.74, 6) is 0.327. The molecule has 2 aromatic carbocycles. The number of rotatable bonds is 7. The molecule has 7 heteroatoms. The molecule has 0 aliphatic heterocycles.